The van der Waals surface area contributed by atoms with Crippen LogP contribution in [0.5, 0.6) is 0 Å². The Bertz CT molecular complexity index is 453. The fraction of sp³-hybridized carbons (Fsp3) is 0.571. The lowest BCUT2D eigenvalue weighted by Crippen LogP contribution is -2.42. The highest BCUT2D eigenvalue weighted by atomic mass is 19.2. The average molecular weight is 273 g/mol. The molecule has 0 aliphatic carbocycles. The van der Waals surface area contributed by atoms with Crippen molar-refractivity contribution in [3.63, 3.8) is 0 Å². The summed E-state index contributed by atoms with van der Waals surface area (Å²) in [6.45, 7) is 2.81. The number of piperidine rings is 1. The fourth-order valence-electron chi connectivity index (χ4n) is 2.63. The first-order valence-corrected chi connectivity index (χ1v) is 6.58. The summed E-state index contributed by atoms with van der Waals surface area (Å²) in [5, 5.41) is 13.3. The van der Waals surface area contributed by atoms with Gasteiger partial charge in [-0.05, 0) is 31.4 Å². The molecule has 2 nitrogen and oxygen atoms in total. The highest BCUT2D eigenvalue weighted by Gasteiger charge is 2.29. The predicted molar refractivity (Wildman–Crippen MR) is 66.1 cm³/mol. The zero-order valence-electron chi connectivity index (χ0n) is 10.8. The molecule has 106 valence electrons. The Kier molecular flexibility index (Phi) is 4.47. The lowest BCUT2D eigenvalue weighted by Gasteiger charge is -2.33. The van der Waals surface area contributed by atoms with Gasteiger partial charge in [0, 0.05) is 17.7 Å². The van der Waals surface area contributed by atoms with Crippen molar-refractivity contribution in [2.75, 3.05) is 6.54 Å². The molecule has 2 rings (SSSR count). The van der Waals surface area contributed by atoms with E-state index in [9.17, 15) is 18.3 Å². The number of rotatable bonds is 3. The molecule has 3 atom stereocenters. The van der Waals surface area contributed by atoms with Crippen LogP contribution in [0.4, 0.5) is 13.2 Å². The molecule has 1 aliphatic rings. The van der Waals surface area contributed by atoms with Crippen LogP contribution in [0.25, 0.3) is 0 Å². The molecule has 2 N–H and O–H groups in total. The van der Waals surface area contributed by atoms with Gasteiger partial charge in [0.2, 0.25) is 0 Å². The maximum absolute atomic E-state index is 13.6. The summed E-state index contributed by atoms with van der Waals surface area (Å²) < 4.78 is 39.6. The number of benzene rings is 1. The molecule has 1 aromatic rings. The van der Waals surface area contributed by atoms with Gasteiger partial charge in [-0.1, -0.05) is 13.3 Å². The first-order chi connectivity index (χ1) is 9.02. The van der Waals surface area contributed by atoms with Gasteiger partial charge in [0.15, 0.2) is 11.6 Å². The number of aliphatic hydroxyl groups is 1. The Morgan fingerprint density at radius 2 is 1.95 bits per heavy atom. The van der Waals surface area contributed by atoms with E-state index in [-0.39, 0.29) is 11.6 Å². The molecule has 0 radical (unpaired) electrons. The Balaban J connectivity index is 2.19. The molecule has 19 heavy (non-hydrogen) atoms. The van der Waals surface area contributed by atoms with Crippen LogP contribution in [0.2, 0.25) is 0 Å². The van der Waals surface area contributed by atoms with Crippen molar-refractivity contribution in [1.29, 1.82) is 0 Å². The molecule has 1 aliphatic heterocycles. The monoisotopic (exact) mass is 273 g/mol. The summed E-state index contributed by atoms with van der Waals surface area (Å²) in [4.78, 5) is 0. The van der Waals surface area contributed by atoms with Gasteiger partial charge < -0.3 is 10.4 Å². The first-order valence-electron chi connectivity index (χ1n) is 6.58. The smallest absolute Gasteiger partial charge is 0.161 e. The average Bonchev–Trinajstić information content (AvgIpc) is 2.42. The van der Waals surface area contributed by atoms with Crippen molar-refractivity contribution < 1.29 is 18.3 Å². The van der Waals surface area contributed by atoms with Gasteiger partial charge in [0.05, 0.1) is 6.10 Å². The van der Waals surface area contributed by atoms with Gasteiger partial charge in [-0.2, -0.15) is 0 Å². The maximum atomic E-state index is 13.6. The van der Waals surface area contributed by atoms with Gasteiger partial charge in [-0.25, -0.2) is 13.2 Å². The zero-order chi connectivity index (χ0) is 14.0. The molecule has 5 heteroatoms. The van der Waals surface area contributed by atoms with E-state index < -0.39 is 23.6 Å². The summed E-state index contributed by atoms with van der Waals surface area (Å²) >= 11 is 0. The molecule has 0 bridgehead atoms. The predicted octanol–water partition coefficient (Wildman–Crippen LogP) is 2.92. The van der Waals surface area contributed by atoms with Crippen LogP contribution in [0.1, 0.15) is 37.9 Å². The van der Waals surface area contributed by atoms with Crippen LogP contribution < -0.4 is 5.32 Å². The lowest BCUT2D eigenvalue weighted by atomic mass is 9.86. The van der Waals surface area contributed by atoms with Crippen LogP contribution in [-0.2, 0) is 0 Å². The Morgan fingerprint density at radius 1 is 1.26 bits per heavy atom. The highest BCUT2D eigenvalue weighted by molar-refractivity contribution is 5.23. The zero-order valence-corrected chi connectivity index (χ0v) is 10.8. The van der Waals surface area contributed by atoms with E-state index >= 15 is 0 Å². The molecule has 1 saturated heterocycles. The van der Waals surface area contributed by atoms with E-state index in [1.54, 1.807) is 0 Å². The van der Waals surface area contributed by atoms with Gasteiger partial charge in [-0.3, -0.25) is 0 Å². The number of hydrogen-bond acceptors (Lipinski definition) is 2. The van der Waals surface area contributed by atoms with Crippen molar-refractivity contribution in [2.45, 2.75) is 38.3 Å². The normalized spacial score (nSPS) is 25.3. The Labute approximate surface area is 110 Å². The second-order valence-electron chi connectivity index (χ2n) is 5.09. The third-order valence-corrected chi connectivity index (χ3v) is 3.86. The lowest BCUT2D eigenvalue weighted by molar-refractivity contribution is 0.0943. The largest absolute Gasteiger partial charge is 0.387 e. The molecule has 0 amide bonds. The molecule has 3 unspecified atom stereocenters. The van der Waals surface area contributed by atoms with E-state index in [2.05, 4.69) is 12.2 Å². The summed E-state index contributed by atoms with van der Waals surface area (Å²) in [6.07, 6.45) is 1.55. The number of nitrogens with one attached hydrogen (secondary N) is 1. The molecule has 1 heterocycles. The highest BCUT2D eigenvalue weighted by Crippen LogP contribution is 2.29. The molecule has 0 aromatic heterocycles. The minimum absolute atomic E-state index is 0.187. The second-order valence-corrected chi connectivity index (χ2v) is 5.09. The van der Waals surface area contributed by atoms with E-state index in [0.29, 0.717) is 18.4 Å². The van der Waals surface area contributed by atoms with Gasteiger partial charge in [0.25, 0.3) is 0 Å². The van der Waals surface area contributed by atoms with Gasteiger partial charge in [-0.15, -0.1) is 0 Å². The summed E-state index contributed by atoms with van der Waals surface area (Å²) in [7, 11) is 0. The number of halogens is 3. The minimum atomic E-state index is -1.24. The van der Waals surface area contributed by atoms with Gasteiger partial charge in [0.1, 0.15) is 5.82 Å². The summed E-state index contributed by atoms with van der Waals surface area (Å²) in [5.74, 6) is -2.82. The third kappa shape index (κ3) is 3.09. The first kappa shape index (κ1) is 14.3. The van der Waals surface area contributed by atoms with Crippen LogP contribution in [0, 0.1) is 23.4 Å². The minimum Gasteiger partial charge on any atom is -0.387 e. The summed E-state index contributed by atoms with van der Waals surface area (Å²) in [5.41, 5.74) is -0.187. The number of aliphatic hydroxyl groups excluding tert-OH is 1. The molecule has 0 saturated carbocycles. The van der Waals surface area contributed by atoms with Crippen molar-refractivity contribution >= 4 is 0 Å². The molecular formula is C14H18F3NO. The second kappa shape index (κ2) is 5.92. The van der Waals surface area contributed by atoms with E-state index in [1.165, 1.54) is 0 Å². The molecule has 1 aromatic carbocycles. The van der Waals surface area contributed by atoms with Crippen molar-refractivity contribution in [3.8, 4) is 0 Å². The SMILES string of the molecule is CCC1CCNC(C(O)c2cc(F)c(F)cc2F)C1. The van der Waals surface area contributed by atoms with E-state index in [1.807, 2.05) is 0 Å². The Morgan fingerprint density at radius 3 is 2.63 bits per heavy atom. The fourth-order valence-corrected chi connectivity index (χ4v) is 2.63. The maximum Gasteiger partial charge on any atom is 0.161 e. The molecule has 0 spiro atoms. The molecule has 1 fully saturated rings. The van der Waals surface area contributed by atoms with Crippen molar-refractivity contribution in [2.24, 2.45) is 5.92 Å². The van der Waals surface area contributed by atoms with Gasteiger partial charge >= 0.3 is 0 Å². The summed E-state index contributed by atoms with van der Waals surface area (Å²) in [6, 6.07) is 0.902. The topological polar surface area (TPSA) is 32.3 Å². The van der Waals surface area contributed by atoms with Crippen molar-refractivity contribution in [3.05, 3.63) is 35.1 Å². The third-order valence-electron chi connectivity index (χ3n) is 3.86. The Hall–Kier alpha value is -1.07. The van der Waals surface area contributed by atoms with Crippen LogP contribution in [0.3, 0.4) is 0 Å². The quantitative estimate of drug-likeness (QED) is 0.830. The standard InChI is InChI=1S/C14H18F3NO/c1-2-8-3-4-18-13(5-8)14(19)9-6-11(16)12(17)7-10(9)15/h6-8,13-14,18-19H,2-5H2,1H3. The van der Waals surface area contributed by atoms with E-state index in [0.717, 1.165) is 25.5 Å². The van der Waals surface area contributed by atoms with Crippen molar-refractivity contribution in [1.82, 2.24) is 5.32 Å². The van der Waals surface area contributed by atoms with Crippen LogP contribution in [0.15, 0.2) is 12.1 Å². The van der Waals surface area contributed by atoms with Crippen LogP contribution in [-0.4, -0.2) is 17.7 Å². The molecular weight excluding hydrogens is 255 g/mol. The number of hydrogen-bond donors (Lipinski definition) is 2. The van der Waals surface area contributed by atoms with Crippen LogP contribution >= 0.6 is 0 Å². The van der Waals surface area contributed by atoms with E-state index in [4.69, 9.17) is 0 Å².